The maximum absolute atomic E-state index is 13.5. The molecule has 0 aromatic heterocycles. The molecule has 0 aromatic rings. The van der Waals surface area contributed by atoms with Crippen molar-refractivity contribution in [3.8, 4) is 0 Å². The van der Waals surface area contributed by atoms with E-state index in [9.17, 15) is 75.7 Å². The van der Waals surface area contributed by atoms with E-state index in [1.165, 1.54) is 225 Å². The van der Waals surface area contributed by atoms with Crippen molar-refractivity contribution >= 4 is 17.8 Å². The van der Waals surface area contributed by atoms with Gasteiger partial charge in [-0.1, -0.05) is 289 Å². The van der Waals surface area contributed by atoms with Gasteiger partial charge in [0.2, 0.25) is 11.8 Å². The number of nitrogens with one attached hydrogen (secondary N) is 2. The lowest BCUT2D eigenvalue weighted by Crippen LogP contribution is -2.70. The number of hydrogen-bond acceptors (Lipinski definition) is 20. The second-order valence-corrected chi connectivity index (χ2v) is 28.9. The third-order valence-corrected chi connectivity index (χ3v) is 20.2. The second kappa shape index (κ2) is 55.9. The Morgan fingerprint density at radius 1 is 0.525 bits per heavy atom. The van der Waals surface area contributed by atoms with Gasteiger partial charge in [-0.05, 0) is 19.3 Å². The van der Waals surface area contributed by atoms with Gasteiger partial charge in [-0.2, -0.15) is 0 Å². The summed E-state index contributed by atoms with van der Waals surface area (Å²) < 4.78 is 34.9. The largest absolute Gasteiger partial charge is 0.477 e. The van der Waals surface area contributed by atoms with Crippen LogP contribution in [0.15, 0.2) is 12.2 Å². The predicted octanol–water partition coefficient (Wildman–Crippen LogP) is 9.80. The number of allylic oxidation sites excluding steroid dienone is 1. The Morgan fingerprint density at radius 3 is 1.34 bits per heavy atom. The smallest absolute Gasteiger partial charge is 0.364 e. The van der Waals surface area contributed by atoms with Crippen LogP contribution in [0, 0.1) is 0 Å². The third kappa shape index (κ3) is 36.8. The highest BCUT2D eigenvalue weighted by Crippen LogP contribution is 2.39. The van der Waals surface area contributed by atoms with E-state index in [1.807, 2.05) is 6.08 Å². The van der Waals surface area contributed by atoms with Gasteiger partial charge < -0.3 is 100 Å². The standard InChI is InChI=1S/C76H142N2O21/c1-4-6-8-10-12-14-16-18-20-22-23-24-25-26-27-28-29-30-31-32-33-34-36-38-40-42-44-46-48-50-63(86)78-57(58(83)49-47-45-43-41-39-37-35-21-19-17-15-13-11-9-7-5-2)55-94-73-68(90)67(89)70(62(54-81)96-73)97-74-69(91)72(66(88)61(53-80)95-74)99-76(75(92)93)51-59(84)64(77-56(3)82)71(98-76)65(87)60(85)52-79/h47,49,57-62,64-74,79-81,83-85,87-91H,4-46,48,50-55H2,1-3H3,(H,77,82)(H,78,86)(H,92,93)/b49-47+. The van der Waals surface area contributed by atoms with Gasteiger partial charge in [0.25, 0.3) is 5.79 Å². The van der Waals surface area contributed by atoms with Crippen molar-refractivity contribution in [2.24, 2.45) is 0 Å². The number of carbonyl (C=O) groups excluding carboxylic acids is 2. The quantitative estimate of drug-likeness (QED) is 0.0199. The van der Waals surface area contributed by atoms with Crippen molar-refractivity contribution in [2.45, 2.75) is 426 Å². The lowest BCUT2D eigenvalue weighted by Gasteiger charge is -2.50. The van der Waals surface area contributed by atoms with Gasteiger partial charge in [-0.15, -0.1) is 0 Å². The molecule has 18 atom stereocenters. The fourth-order valence-electron chi connectivity index (χ4n) is 13.9. The van der Waals surface area contributed by atoms with E-state index in [-0.39, 0.29) is 12.3 Å². The van der Waals surface area contributed by atoms with Crippen LogP contribution in [-0.2, 0) is 42.8 Å². The van der Waals surface area contributed by atoms with Gasteiger partial charge >= 0.3 is 5.97 Å². The van der Waals surface area contributed by atoms with Crippen LogP contribution in [0.25, 0.3) is 0 Å². The molecule has 14 N–H and O–H groups in total. The average molecular weight is 1420 g/mol. The van der Waals surface area contributed by atoms with Crippen molar-refractivity contribution < 1.29 is 104 Å². The Labute approximate surface area is 594 Å². The van der Waals surface area contributed by atoms with Crippen molar-refractivity contribution in [2.75, 3.05) is 26.4 Å². The van der Waals surface area contributed by atoms with Gasteiger partial charge in [-0.25, -0.2) is 4.79 Å². The molecule has 3 heterocycles. The molecule has 0 saturated carbocycles. The van der Waals surface area contributed by atoms with Crippen LogP contribution in [0.4, 0.5) is 0 Å². The lowest BCUT2D eigenvalue weighted by atomic mass is 9.88. The molecule has 2 amide bonds. The van der Waals surface area contributed by atoms with Crippen LogP contribution >= 0.6 is 0 Å². The summed E-state index contributed by atoms with van der Waals surface area (Å²) in [6.07, 6.45) is 29.8. The van der Waals surface area contributed by atoms with Gasteiger partial charge in [0.1, 0.15) is 67.1 Å². The number of carboxylic acids is 1. The molecule has 99 heavy (non-hydrogen) atoms. The van der Waals surface area contributed by atoms with Crippen LogP contribution in [0.5, 0.6) is 0 Å². The van der Waals surface area contributed by atoms with E-state index in [2.05, 4.69) is 24.5 Å². The zero-order valence-electron chi connectivity index (χ0n) is 61.4. The summed E-state index contributed by atoms with van der Waals surface area (Å²) in [6.45, 7) is 2.18. The first kappa shape index (κ1) is 90.7. The molecule has 0 aromatic carbocycles. The highest BCUT2D eigenvalue weighted by Gasteiger charge is 2.60. The summed E-state index contributed by atoms with van der Waals surface area (Å²) >= 11 is 0. The second-order valence-electron chi connectivity index (χ2n) is 28.9. The number of carbonyl (C=O) groups is 3. The summed E-state index contributed by atoms with van der Waals surface area (Å²) in [5.74, 6) is -6.13. The molecule has 0 spiro atoms. The summed E-state index contributed by atoms with van der Waals surface area (Å²) in [6, 6.07) is -2.61. The maximum Gasteiger partial charge on any atom is 0.364 e. The molecule has 3 aliphatic rings. The van der Waals surface area contributed by atoms with Crippen molar-refractivity contribution in [1.82, 2.24) is 10.6 Å². The Balaban J connectivity index is 1.50. The number of amides is 2. The fraction of sp³-hybridized carbons (Fsp3) is 0.934. The third-order valence-electron chi connectivity index (χ3n) is 20.2. The monoisotopic (exact) mass is 1420 g/mol. The minimum atomic E-state index is -3.08. The number of rotatable bonds is 62. The van der Waals surface area contributed by atoms with Gasteiger partial charge in [0.05, 0.1) is 50.7 Å². The minimum absolute atomic E-state index is 0.206. The van der Waals surface area contributed by atoms with Crippen LogP contribution in [0.2, 0.25) is 0 Å². The molecule has 582 valence electrons. The van der Waals surface area contributed by atoms with E-state index in [1.54, 1.807) is 6.08 Å². The molecule has 0 aliphatic carbocycles. The molecule has 0 bridgehead atoms. The van der Waals surface area contributed by atoms with E-state index in [0.717, 1.165) is 51.9 Å². The van der Waals surface area contributed by atoms with Gasteiger partial charge in [0, 0.05) is 19.8 Å². The number of aliphatic hydroxyl groups excluding tert-OH is 11. The molecule has 0 radical (unpaired) electrons. The molecular formula is C76H142N2O21. The molecule has 23 nitrogen and oxygen atoms in total. The topological polar surface area (TPSA) is 373 Å². The SMILES string of the molecule is CCCCCCCCCCCCCCCC/C=C/C(O)C(COC1OC(CO)C(OC2OC(CO)C(O)C(OC3(C(=O)O)CC(O)C(NC(C)=O)C(C(O)C(O)CO)O3)C2O)C(O)C1O)NC(=O)CCCCCCCCCCCCCCCCCCCCCCCCCCCCCCC. The zero-order valence-corrected chi connectivity index (χ0v) is 61.4. The molecular weight excluding hydrogens is 1280 g/mol. The zero-order chi connectivity index (χ0) is 72.5. The Morgan fingerprint density at radius 2 is 0.939 bits per heavy atom. The summed E-state index contributed by atoms with van der Waals surface area (Å²) in [7, 11) is 0. The number of aliphatic carboxylic acids is 1. The lowest BCUT2D eigenvalue weighted by molar-refractivity contribution is -0.386. The van der Waals surface area contributed by atoms with Crippen molar-refractivity contribution in [1.29, 1.82) is 0 Å². The number of carboxylic acid groups (broad SMARTS) is 1. The highest BCUT2D eigenvalue weighted by molar-refractivity contribution is 5.77. The molecule has 3 aliphatic heterocycles. The normalized spacial score (nSPS) is 27.1. The molecule has 3 rings (SSSR count). The van der Waals surface area contributed by atoms with Crippen LogP contribution < -0.4 is 10.6 Å². The molecule has 23 heteroatoms. The summed E-state index contributed by atoms with van der Waals surface area (Å²) in [5.41, 5.74) is 0. The summed E-state index contributed by atoms with van der Waals surface area (Å²) in [5, 5.41) is 136. The average Bonchev–Trinajstić information content (AvgIpc) is 0.757. The van der Waals surface area contributed by atoms with E-state index in [4.69, 9.17) is 28.4 Å². The van der Waals surface area contributed by atoms with Gasteiger partial charge in [-0.3, -0.25) is 9.59 Å². The maximum atomic E-state index is 13.5. The first-order valence-electron chi connectivity index (χ1n) is 39.6. The number of aliphatic hydroxyl groups is 11. The summed E-state index contributed by atoms with van der Waals surface area (Å²) in [4.78, 5) is 38.6. The van der Waals surface area contributed by atoms with Crippen LogP contribution in [0.1, 0.15) is 316 Å². The molecule has 3 fully saturated rings. The molecule has 18 unspecified atom stereocenters. The van der Waals surface area contributed by atoms with E-state index < -0.39 is 155 Å². The van der Waals surface area contributed by atoms with Crippen LogP contribution in [0.3, 0.4) is 0 Å². The highest BCUT2D eigenvalue weighted by atomic mass is 16.8. The Kier molecular flexibility index (Phi) is 51.2. The van der Waals surface area contributed by atoms with Crippen molar-refractivity contribution in [3.63, 3.8) is 0 Å². The first-order chi connectivity index (χ1) is 47.9. The Bertz CT molecular complexity index is 2030. The minimum Gasteiger partial charge on any atom is -0.477 e. The number of ether oxygens (including phenoxy) is 6. The number of hydrogen-bond donors (Lipinski definition) is 14. The molecule has 3 saturated heterocycles. The van der Waals surface area contributed by atoms with Crippen LogP contribution in [-0.4, -0.2) is 215 Å². The number of unbranched alkanes of at least 4 members (excludes halogenated alkanes) is 42. The first-order valence-corrected chi connectivity index (χ1v) is 39.6. The van der Waals surface area contributed by atoms with Gasteiger partial charge in [0.15, 0.2) is 12.6 Å². The Hall–Kier alpha value is -2.53. The van der Waals surface area contributed by atoms with E-state index >= 15 is 0 Å². The van der Waals surface area contributed by atoms with E-state index in [0.29, 0.717) is 12.8 Å². The fourth-order valence-corrected chi connectivity index (χ4v) is 13.9. The van der Waals surface area contributed by atoms with Crippen molar-refractivity contribution in [3.05, 3.63) is 12.2 Å². The predicted molar refractivity (Wildman–Crippen MR) is 380 cm³/mol.